The number of hydrogen-bond donors (Lipinski definition) is 1. The van der Waals surface area contributed by atoms with Crippen LogP contribution in [0.15, 0.2) is 0 Å². The zero-order chi connectivity index (χ0) is 12.3. The van der Waals surface area contributed by atoms with Gasteiger partial charge in [0.1, 0.15) is 0 Å². The minimum absolute atomic E-state index is 0.236. The lowest BCUT2D eigenvalue weighted by atomic mass is 9.93. The van der Waals surface area contributed by atoms with Gasteiger partial charge in [-0.3, -0.25) is 4.90 Å². The van der Waals surface area contributed by atoms with Crippen molar-refractivity contribution in [3.05, 3.63) is 0 Å². The molecule has 0 radical (unpaired) electrons. The Hall–Kier alpha value is -0.590. The number of nitrogens with one attached hydrogen (secondary N) is 1. The molecule has 0 aromatic rings. The third kappa shape index (κ3) is 2.81. The van der Waals surface area contributed by atoms with Gasteiger partial charge in [0.2, 0.25) is 0 Å². The first-order valence-corrected chi connectivity index (χ1v) is 7.01. The van der Waals surface area contributed by atoms with E-state index in [1.807, 2.05) is 0 Å². The summed E-state index contributed by atoms with van der Waals surface area (Å²) in [5.41, 5.74) is 0.236. The maximum atomic E-state index is 9.04. The van der Waals surface area contributed by atoms with E-state index in [0.717, 1.165) is 13.1 Å². The van der Waals surface area contributed by atoms with Crippen molar-refractivity contribution in [1.82, 2.24) is 10.2 Å². The van der Waals surface area contributed by atoms with E-state index in [1.54, 1.807) is 0 Å². The van der Waals surface area contributed by atoms with Gasteiger partial charge < -0.3 is 5.32 Å². The molecule has 0 amide bonds. The summed E-state index contributed by atoms with van der Waals surface area (Å²) >= 11 is 0. The highest BCUT2D eigenvalue weighted by Gasteiger charge is 2.39. The molecule has 0 aromatic carbocycles. The van der Waals surface area contributed by atoms with E-state index < -0.39 is 0 Å². The van der Waals surface area contributed by atoms with E-state index in [-0.39, 0.29) is 5.54 Å². The fourth-order valence-electron chi connectivity index (χ4n) is 3.64. The van der Waals surface area contributed by atoms with E-state index in [4.69, 9.17) is 5.26 Å². The summed E-state index contributed by atoms with van der Waals surface area (Å²) in [7, 11) is 0. The third-order valence-corrected chi connectivity index (χ3v) is 4.43. The first-order chi connectivity index (χ1) is 8.15. The predicted molar refractivity (Wildman–Crippen MR) is 69.7 cm³/mol. The van der Waals surface area contributed by atoms with Crippen molar-refractivity contribution in [3.8, 4) is 6.07 Å². The highest BCUT2D eigenvalue weighted by molar-refractivity contribution is 4.98. The van der Waals surface area contributed by atoms with Crippen molar-refractivity contribution in [3.63, 3.8) is 0 Å². The van der Waals surface area contributed by atoms with Gasteiger partial charge >= 0.3 is 0 Å². The second-order valence-electron chi connectivity index (χ2n) is 6.13. The van der Waals surface area contributed by atoms with Gasteiger partial charge in [0, 0.05) is 24.2 Å². The van der Waals surface area contributed by atoms with Crippen LogP contribution in [0.2, 0.25) is 0 Å². The molecule has 96 valence electrons. The SMILES string of the molecule is CC1(C)CCNCC(CC#N)N1C1CCCC1. The number of rotatable bonds is 2. The molecule has 1 N–H and O–H groups in total. The molecule has 1 atom stereocenters. The molecular formula is C14H25N3. The molecule has 17 heavy (non-hydrogen) atoms. The predicted octanol–water partition coefficient (Wildman–Crippen LogP) is 2.29. The number of nitrogens with zero attached hydrogens (tertiary/aromatic N) is 2. The Balaban J connectivity index is 2.19. The van der Waals surface area contributed by atoms with Gasteiger partial charge in [0.25, 0.3) is 0 Å². The third-order valence-electron chi connectivity index (χ3n) is 4.43. The van der Waals surface area contributed by atoms with E-state index in [1.165, 1.54) is 32.1 Å². The second-order valence-corrected chi connectivity index (χ2v) is 6.13. The summed E-state index contributed by atoms with van der Waals surface area (Å²) < 4.78 is 0. The van der Waals surface area contributed by atoms with Crippen LogP contribution < -0.4 is 5.32 Å². The Labute approximate surface area is 105 Å². The molecule has 1 saturated carbocycles. The minimum Gasteiger partial charge on any atom is -0.315 e. The summed E-state index contributed by atoms with van der Waals surface area (Å²) in [5, 5.41) is 12.5. The Morgan fingerprint density at radius 1 is 1.35 bits per heavy atom. The van der Waals surface area contributed by atoms with Gasteiger partial charge in [-0.1, -0.05) is 12.8 Å². The van der Waals surface area contributed by atoms with Crippen molar-refractivity contribution in [2.24, 2.45) is 0 Å². The van der Waals surface area contributed by atoms with E-state index in [2.05, 4.69) is 30.1 Å². The second kappa shape index (κ2) is 5.37. The van der Waals surface area contributed by atoms with Crippen molar-refractivity contribution in [1.29, 1.82) is 5.26 Å². The fraction of sp³-hybridized carbons (Fsp3) is 0.929. The van der Waals surface area contributed by atoms with Gasteiger partial charge in [0.15, 0.2) is 0 Å². The maximum Gasteiger partial charge on any atom is 0.0638 e. The van der Waals surface area contributed by atoms with Gasteiger partial charge in [-0.05, 0) is 39.7 Å². The molecule has 3 nitrogen and oxygen atoms in total. The van der Waals surface area contributed by atoms with E-state index >= 15 is 0 Å². The lowest BCUT2D eigenvalue weighted by Crippen LogP contribution is -2.54. The normalized spacial score (nSPS) is 31.0. The zero-order valence-corrected chi connectivity index (χ0v) is 11.2. The summed E-state index contributed by atoms with van der Waals surface area (Å²) in [6.07, 6.45) is 7.23. The van der Waals surface area contributed by atoms with Crippen LogP contribution in [-0.4, -0.2) is 35.6 Å². The number of nitriles is 1. The fourth-order valence-corrected chi connectivity index (χ4v) is 3.64. The monoisotopic (exact) mass is 235 g/mol. The Morgan fingerprint density at radius 2 is 2.06 bits per heavy atom. The topological polar surface area (TPSA) is 39.1 Å². The highest BCUT2D eigenvalue weighted by atomic mass is 15.3. The quantitative estimate of drug-likeness (QED) is 0.798. The van der Waals surface area contributed by atoms with Crippen LogP contribution >= 0.6 is 0 Å². The first kappa shape index (κ1) is 12.9. The molecule has 0 bridgehead atoms. The van der Waals surface area contributed by atoms with Crippen LogP contribution in [0.5, 0.6) is 0 Å². The zero-order valence-electron chi connectivity index (χ0n) is 11.2. The first-order valence-electron chi connectivity index (χ1n) is 7.01. The van der Waals surface area contributed by atoms with Crippen LogP contribution in [0.25, 0.3) is 0 Å². The van der Waals surface area contributed by atoms with Gasteiger partial charge in [-0.2, -0.15) is 5.26 Å². The van der Waals surface area contributed by atoms with Gasteiger partial charge in [-0.15, -0.1) is 0 Å². The van der Waals surface area contributed by atoms with E-state index in [0.29, 0.717) is 18.5 Å². The van der Waals surface area contributed by atoms with Crippen molar-refractivity contribution >= 4 is 0 Å². The molecule has 1 saturated heterocycles. The average molecular weight is 235 g/mol. The molecule has 1 heterocycles. The molecule has 1 aliphatic heterocycles. The number of hydrogen-bond acceptors (Lipinski definition) is 3. The standard InChI is InChI=1S/C14H25N3/c1-14(2)8-10-16-11-13(7-9-15)17(14)12-5-3-4-6-12/h12-13,16H,3-8,10-11H2,1-2H3. The molecule has 1 aliphatic carbocycles. The largest absolute Gasteiger partial charge is 0.315 e. The lowest BCUT2D eigenvalue weighted by molar-refractivity contribution is 0.0342. The molecule has 3 heteroatoms. The van der Waals surface area contributed by atoms with Crippen LogP contribution in [0.1, 0.15) is 52.4 Å². The van der Waals surface area contributed by atoms with Crippen molar-refractivity contribution in [2.45, 2.75) is 70.0 Å². The molecular weight excluding hydrogens is 210 g/mol. The van der Waals surface area contributed by atoms with Gasteiger partial charge in [-0.25, -0.2) is 0 Å². The summed E-state index contributed by atoms with van der Waals surface area (Å²) in [5.74, 6) is 0. The molecule has 2 rings (SSSR count). The molecule has 2 aliphatic rings. The molecule has 0 aromatic heterocycles. The summed E-state index contributed by atoms with van der Waals surface area (Å²) in [4.78, 5) is 2.67. The Bertz CT molecular complexity index is 286. The summed E-state index contributed by atoms with van der Waals surface area (Å²) in [6.45, 7) is 6.76. The van der Waals surface area contributed by atoms with Crippen molar-refractivity contribution < 1.29 is 0 Å². The smallest absolute Gasteiger partial charge is 0.0638 e. The average Bonchev–Trinajstić information content (AvgIpc) is 2.73. The minimum atomic E-state index is 0.236. The Morgan fingerprint density at radius 3 is 2.71 bits per heavy atom. The van der Waals surface area contributed by atoms with Crippen LogP contribution in [0.4, 0.5) is 0 Å². The molecule has 1 unspecified atom stereocenters. The molecule has 0 spiro atoms. The van der Waals surface area contributed by atoms with Crippen molar-refractivity contribution in [2.75, 3.05) is 13.1 Å². The lowest BCUT2D eigenvalue weighted by Gasteiger charge is -2.45. The van der Waals surface area contributed by atoms with Crippen LogP contribution in [0, 0.1) is 11.3 Å². The Kier molecular flexibility index (Phi) is 4.06. The summed E-state index contributed by atoms with van der Waals surface area (Å²) in [6, 6.07) is 3.49. The highest BCUT2D eigenvalue weighted by Crippen LogP contribution is 2.34. The van der Waals surface area contributed by atoms with Crippen LogP contribution in [-0.2, 0) is 0 Å². The molecule has 2 fully saturated rings. The van der Waals surface area contributed by atoms with Crippen LogP contribution in [0.3, 0.4) is 0 Å². The maximum absolute atomic E-state index is 9.04. The van der Waals surface area contributed by atoms with Gasteiger partial charge in [0.05, 0.1) is 12.5 Å². The van der Waals surface area contributed by atoms with E-state index in [9.17, 15) is 0 Å².